The van der Waals surface area contributed by atoms with Gasteiger partial charge in [0.05, 0.1) is 6.54 Å². The molecule has 1 amide bonds. The molecule has 21 heavy (non-hydrogen) atoms. The average Bonchev–Trinajstić information content (AvgIpc) is 2.94. The maximum Gasteiger partial charge on any atom is 0.273 e. The molecule has 0 saturated heterocycles. The molecule has 108 valence electrons. The van der Waals surface area contributed by atoms with Crippen LogP contribution in [0.25, 0.3) is 0 Å². The number of hydrogen-bond donors (Lipinski definition) is 2. The summed E-state index contributed by atoms with van der Waals surface area (Å²) in [6, 6.07) is 7.16. The van der Waals surface area contributed by atoms with E-state index in [9.17, 15) is 4.79 Å². The predicted octanol–water partition coefficient (Wildman–Crippen LogP) is 1.86. The topological polar surface area (TPSA) is 72.9 Å². The Kier molecular flexibility index (Phi) is 5.13. The molecule has 0 radical (unpaired) electrons. The van der Waals surface area contributed by atoms with Crippen molar-refractivity contribution in [3.05, 3.63) is 47.9 Å². The van der Waals surface area contributed by atoms with Crippen molar-refractivity contribution in [3.8, 4) is 11.8 Å². The fraction of sp³-hybridized carbons (Fsp3) is 0.250. The Morgan fingerprint density at radius 3 is 3.10 bits per heavy atom. The molecule has 0 unspecified atom stereocenters. The maximum atomic E-state index is 12.3. The molecule has 0 saturated carbocycles. The molecule has 0 aliphatic carbocycles. The number of aromatic nitrogens is 2. The van der Waals surface area contributed by atoms with E-state index in [4.69, 9.17) is 5.73 Å². The fourth-order valence-electron chi connectivity index (χ4n) is 1.97. The van der Waals surface area contributed by atoms with Gasteiger partial charge >= 0.3 is 0 Å². The van der Waals surface area contributed by atoms with E-state index < -0.39 is 0 Å². The highest BCUT2D eigenvalue weighted by atomic mass is 16.2. The quantitative estimate of drug-likeness (QED) is 0.841. The summed E-state index contributed by atoms with van der Waals surface area (Å²) >= 11 is 0. The first-order valence-electron chi connectivity index (χ1n) is 6.86. The molecule has 0 spiro atoms. The Bertz CT molecular complexity index is 679. The zero-order valence-corrected chi connectivity index (χ0v) is 12.0. The average molecular weight is 282 g/mol. The molecule has 3 N–H and O–H groups in total. The van der Waals surface area contributed by atoms with Gasteiger partial charge in [-0.1, -0.05) is 18.8 Å². The molecule has 2 rings (SSSR count). The first kappa shape index (κ1) is 14.8. The van der Waals surface area contributed by atoms with Gasteiger partial charge in [0.1, 0.15) is 11.5 Å². The number of hydrogen-bond acceptors (Lipinski definition) is 3. The smallest absolute Gasteiger partial charge is 0.273 e. The van der Waals surface area contributed by atoms with E-state index in [1.54, 1.807) is 24.4 Å². The van der Waals surface area contributed by atoms with E-state index in [0.29, 0.717) is 18.1 Å². The molecule has 0 aliphatic heterocycles. The molecule has 0 bridgehead atoms. The Morgan fingerprint density at radius 2 is 2.33 bits per heavy atom. The van der Waals surface area contributed by atoms with E-state index in [1.165, 1.54) is 0 Å². The highest BCUT2D eigenvalue weighted by molar-refractivity contribution is 6.02. The minimum absolute atomic E-state index is 0.176. The lowest BCUT2D eigenvalue weighted by Gasteiger charge is -2.08. The number of nitrogens with two attached hydrogens (primary N) is 1. The van der Waals surface area contributed by atoms with Gasteiger partial charge in [-0.3, -0.25) is 4.79 Å². The van der Waals surface area contributed by atoms with Crippen molar-refractivity contribution < 1.29 is 4.79 Å². The summed E-state index contributed by atoms with van der Waals surface area (Å²) in [6.45, 7) is 3.18. The van der Waals surface area contributed by atoms with E-state index in [0.717, 1.165) is 18.5 Å². The van der Waals surface area contributed by atoms with Crippen molar-refractivity contribution in [1.29, 1.82) is 0 Å². The molecule has 2 aromatic heterocycles. The second-order valence-corrected chi connectivity index (χ2v) is 4.48. The third kappa shape index (κ3) is 3.94. The van der Waals surface area contributed by atoms with Crippen molar-refractivity contribution in [2.24, 2.45) is 5.73 Å². The summed E-state index contributed by atoms with van der Waals surface area (Å²) in [5, 5.41) is 2.79. The van der Waals surface area contributed by atoms with Crippen LogP contribution in [0.15, 0.2) is 36.7 Å². The highest BCUT2D eigenvalue weighted by Crippen LogP contribution is 2.10. The molecule has 0 aliphatic rings. The van der Waals surface area contributed by atoms with Crippen LogP contribution in [-0.4, -0.2) is 22.0 Å². The summed E-state index contributed by atoms with van der Waals surface area (Å²) in [7, 11) is 0. The molecular weight excluding hydrogens is 264 g/mol. The fourth-order valence-corrected chi connectivity index (χ4v) is 1.97. The minimum Gasteiger partial charge on any atom is -0.344 e. The first-order chi connectivity index (χ1) is 10.2. The van der Waals surface area contributed by atoms with Gasteiger partial charge in [-0.05, 0) is 30.7 Å². The molecule has 2 heterocycles. The Balaban J connectivity index is 2.14. The number of aryl methyl sites for hydroxylation is 1. The largest absolute Gasteiger partial charge is 0.344 e. The Morgan fingerprint density at radius 1 is 1.48 bits per heavy atom. The Hall–Kier alpha value is -2.58. The van der Waals surface area contributed by atoms with Gasteiger partial charge in [0.2, 0.25) is 0 Å². The van der Waals surface area contributed by atoms with Crippen LogP contribution < -0.4 is 11.1 Å². The lowest BCUT2D eigenvalue weighted by atomic mass is 10.2. The highest BCUT2D eigenvalue weighted by Gasteiger charge is 2.11. The second kappa shape index (κ2) is 7.27. The lowest BCUT2D eigenvalue weighted by Crippen LogP contribution is -2.17. The molecule has 0 aromatic carbocycles. The second-order valence-electron chi connectivity index (χ2n) is 4.48. The van der Waals surface area contributed by atoms with Crippen LogP contribution >= 0.6 is 0 Å². The summed E-state index contributed by atoms with van der Waals surface area (Å²) in [4.78, 5) is 16.4. The molecule has 0 atom stereocenters. The van der Waals surface area contributed by atoms with E-state index in [-0.39, 0.29) is 5.91 Å². The maximum absolute atomic E-state index is 12.3. The van der Waals surface area contributed by atoms with Gasteiger partial charge in [0.25, 0.3) is 5.91 Å². The zero-order valence-electron chi connectivity index (χ0n) is 12.0. The number of carbonyl (C=O) groups excluding carboxylic acids is 1. The number of nitrogens with one attached hydrogen (secondary N) is 1. The Labute approximate surface area is 124 Å². The third-order valence-corrected chi connectivity index (χ3v) is 2.86. The monoisotopic (exact) mass is 282 g/mol. The standard InChI is InChI=1S/C16H18N4O/c1-2-10-20-11-4-6-14(20)16(21)19-15-12-13(5-3-8-17)7-9-18-15/h4,6-7,9,11-12H,2,8,10,17H2,1H3,(H,18,19,21). The van der Waals surface area contributed by atoms with E-state index in [1.807, 2.05) is 16.8 Å². The van der Waals surface area contributed by atoms with Gasteiger partial charge in [-0.25, -0.2) is 4.98 Å². The summed E-state index contributed by atoms with van der Waals surface area (Å²) < 4.78 is 1.92. The number of pyridine rings is 1. The molecule has 2 aromatic rings. The normalized spacial score (nSPS) is 9.81. The first-order valence-corrected chi connectivity index (χ1v) is 6.86. The summed E-state index contributed by atoms with van der Waals surface area (Å²) in [6.07, 6.45) is 4.48. The van der Waals surface area contributed by atoms with Crippen LogP contribution in [0.3, 0.4) is 0 Å². The number of nitrogens with zero attached hydrogens (tertiary/aromatic N) is 2. The van der Waals surface area contributed by atoms with Crippen LogP contribution in [0.2, 0.25) is 0 Å². The molecule has 5 nitrogen and oxygen atoms in total. The van der Waals surface area contributed by atoms with Crippen molar-refractivity contribution >= 4 is 11.7 Å². The van der Waals surface area contributed by atoms with Gasteiger partial charge in [0.15, 0.2) is 0 Å². The molecular formula is C16H18N4O. The van der Waals surface area contributed by atoms with Crippen molar-refractivity contribution in [2.75, 3.05) is 11.9 Å². The van der Waals surface area contributed by atoms with Crippen LogP contribution in [-0.2, 0) is 6.54 Å². The number of amides is 1. The van der Waals surface area contributed by atoms with E-state index in [2.05, 4.69) is 29.1 Å². The van der Waals surface area contributed by atoms with Gasteiger partial charge < -0.3 is 15.6 Å². The third-order valence-electron chi connectivity index (χ3n) is 2.86. The van der Waals surface area contributed by atoms with Crippen LogP contribution in [0, 0.1) is 11.8 Å². The van der Waals surface area contributed by atoms with Gasteiger partial charge in [0, 0.05) is 24.5 Å². The van der Waals surface area contributed by atoms with Crippen LogP contribution in [0.5, 0.6) is 0 Å². The van der Waals surface area contributed by atoms with Crippen molar-refractivity contribution in [2.45, 2.75) is 19.9 Å². The molecule has 0 fully saturated rings. The molecule has 5 heteroatoms. The van der Waals surface area contributed by atoms with Crippen molar-refractivity contribution in [1.82, 2.24) is 9.55 Å². The summed E-state index contributed by atoms with van der Waals surface area (Å²) in [5.41, 5.74) is 6.74. The van der Waals surface area contributed by atoms with Gasteiger partial charge in [-0.2, -0.15) is 0 Å². The van der Waals surface area contributed by atoms with Crippen LogP contribution in [0.1, 0.15) is 29.4 Å². The van der Waals surface area contributed by atoms with Gasteiger partial charge in [-0.15, -0.1) is 0 Å². The predicted molar refractivity (Wildman–Crippen MR) is 82.8 cm³/mol. The number of rotatable bonds is 4. The number of anilines is 1. The lowest BCUT2D eigenvalue weighted by molar-refractivity contribution is 0.101. The minimum atomic E-state index is -0.176. The number of carbonyl (C=O) groups is 1. The van der Waals surface area contributed by atoms with Crippen molar-refractivity contribution in [3.63, 3.8) is 0 Å². The SMILES string of the molecule is CCCn1cccc1C(=O)Nc1cc(C#CCN)ccn1. The van der Waals surface area contributed by atoms with Crippen LogP contribution in [0.4, 0.5) is 5.82 Å². The summed E-state index contributed by atoms with van der Waals surface area (Å²) in [5.74, 6) is 5.99. The zero-order chi connectivity index (χ0) is 15.1. The van der Waals surface area contributed by atoms with E-state index >= 15 is 0 Å².